The van der Waals surface area contributed by atoms with Gasteiger partial charge in [-0.1, -0.05) is 0 Å². The minimum atomic E-state index is -0.251. The van der Waals surface area contributed by atoms with Crippen LogP contribution in [0.3, 0.4) is 0 Å². The third kappa shape index (κ3) is 3.00. The zero-order chi connectivity index (χ0) is 16.4. The lowest BCUT2D eigenvalue weighted by molar-refractivity contribution is 0.0128. The summed E-state index contributed by atoms with van der Waals surface area (Å²) in [7, 11) is 0. The Hall–Kier alpha value is -1.81. The van der Waals surface area contributed by atoms with E-state index in [1.54, 1.807) is 0 Å². The van der Waals surface area contributed by atoms with Gasteiger partial charge in [-0.2, -0.15) is 0 Å². The van der Waals surface area contributed by atoms with E-state index in [-0.39, 0.29) is 11.7 Å². The molecular weight excluding hydrogens is 290 g/mol. The third-order valence-electron chi connectivity index (χ3n) is 4.83. The van der Waals surface area contributed by atoms with Crippen molar-refractivity contribution in [3.63, 3.8) is 0 Å². The van der Waals surface area contributed by atoms with E-state index in [2.05, 4.69) is 30.9 Å². The van der Waals surface area contributed by atoms with Crippen LogP contribution < -0.4 is 10.5 Å². The summed E-state index contributed by atoms with van der Waals surface area (Å²) in [5, 5.41) is 1.00. The van der Waals surface area contributed by atoms with Crippen LogP contribution in [0, 0.1) is 6.92 Å². The Morgan fingerprint density at radius 2 is 2.00 bits per heavy atom. The van der Waals surface area contributed by atoms with Crippen LogP contribution in [0.1, 0.15) is 50.3 Å². The summed E-state index contributed by atoms with van der Waals surface area (Å²) in [6, 6.07) is 6.14. The van der Waals surface area contributed by atoms with Crippen LogP contribution in [0.2, 0.25) is 0 Å². The molecule has 1 atom stereocenters. The molecule has 1 aromatic heterocycles. The molecule has 0 amide bonds. The van der Waals surface area contributed by atoms with Gasteiger partial charge in [0.05, 0.1) is 11.7 Å². The number of hydrogen-bond donors (Lipinski definition) is 0. The van der Waals surface area contributed by atoms with Gasteiger partial charge in [0.25, 0.3) is 0 Å². The van der Waals surface area contributed by atoms with Crippen molar-refractivity contribution in [2.45, 2.75) is 46.1 Å². The van der Waals surface area contributed by atoms with Crippen LogP contribution in [0.25, 0.3) is 11.0 Å². The molecule has 4 heteroatoms. The van der Waals surface area contributed by atoms with Crippen molar-refractivity contribution in [2.75, 3.05) is 24.6 Å². The van der Waals surface area contributed by atoms with Crippen LogP contribution in [0.5, 0.6) is 0 Å². The van der Waals surface area contributed by atoms with Crippen molar-refractivity contribution >= 4 is 16.7 Å². The fraction of sp³-hybridized carbons (Fsp3) is 0.526. The lowest BCUT2D eigenvalue weighted by Gasteiger charge is -2.24. The lowest BCUT2D eigenvalue weighted by atomic mass is 9.97. The fourth-order valence-electron chi connectivity index (χ4n) is 3.49. The monoisotopic (exact) mass is 315 g/mol. The fourth-order valence-corrected chi connectivity index (χ4v) is 3.49. The number of nitrogens with zero attached hydrogens (tertiary/aromatic N) is 1. The van der Waals surface area contributed by atoms with E-state index in [1.165, 1.54) is 0 Å². The number of benzene rings is 1. The normalized spacial score (nSPS) is 18.3. The van der Waals surface area contributed by atoms with Gasteiger partial charge in [0.15, 0.2) is 0 Å². The number of rotatable bonds is 4. The van der Waals surface area contributed by atoms with Gasteiger partial charge >= 0.3 is 5.63 Å². The molecule has 1 fully saturated rings. The molecule has 1 aromatic carbocycles. The summed E-state index contributed by atoms with van der Waals surface area (Å²) in [5.74, 6) is 0. The van der Waals surface area contributed by atoms with Gasteiger partial charge in [-0.3, -0.25) is 0 Å². The molecular formula is C19H25NO3. The molecule has 0 bridgehead atoms. The van der Waals surface area contributed by atoms with Gasteiger partial charge in [0.1, 0.15) is 5.58 Å². The van der Waals surface area contributed by atoms with Gasteiger partial charge in [0.2, 0.25) is 0 Å². The van der Waals surface area contributed by atoms with Gasteiger partial charge in [-0.15, -0.1) is 0 Å². The second-order valence-electron chi connectivity index (χ2n) is 6.14. The molecule has 4 nitrogen and oxygen atoms in total. The summed E-state index contributed by atoms with van der Waals surface area (Å²) < 4.78 is 11.4. The van der Waals surface area contributed by atoms with Gasteiger partial charge in [-0.05, 0) is 57.7 Å². The molecule has 1 saturated heterocycles. The first-order valence-corrected chi connectivity index (χ1v) is 8.59. The Morgan fingerprint density at radius 1 is 1.22 bits per heavy atom. The number of anilines is 1. The average Bonchev–Trinajstić information content (AvgIpc) is 2.57. The van der Waals surface area contributed by atoms with E-state index in [4.69, 9.17) is 9.15 Å². The second-order valence-corrected chi connectivity index (χ2v) is 6.14. The van der Waals surface area contributed by atoms with Crippen molar-refractivity contribution in [1.29, 1.82) is 0 Å². The number of ether oxygens (including phenoxy) is 1. The quantitative estimate of drug-likeness (QED) is 0.794. The molecule has 0 unspecified atom stereocenters. The molecule has 2 heterocycles. The first-order chi connectivity index (χ1) is 11.2. The summed E-state index contributed by atoms with van der Waals surface area (Å²) in [4.78, 5) is 14.8. The molecule has 0 radical (unpaired) electrons. The van der Waals surface area contributed by atoms with E-state index < -0.39 is 0 Å². The van der Waals surface area contributed by atoms with Gasteiger partial charge in [-0.25, -0.2) is 4.79 Å². The zero-order valence-corrected chi connectivity index (χ0v) is 14.2. The van der Waals surface area contributed by atoms with Crippen LogP contribution >= 0.6 is 0 Å². The Kier molecular flexibility index (Phi) is 4.71. The first kappa shape index (κ1) is 16.1. The molecule has 2 aromatic rings. The standard InChI is InChI=1S/C19H25NO3/c1-4-20(5-2)14-9-10-15-13(3)18(16-8-6-7-11-22-16)19(21)23-17(15)12-14/h9-10,12,16H,4-8,11H2,1-3H3/t16-/m0/s1. The molecule has 3 rings (SSSR count). The molecule has 0 aliphatic carbocycles. The summed E-state index contributed by atoms with van der Waals surface area (Å²) in [5.41, 5.74) is 3.20. The maximum atomic E-state index is 12.5. The van der Waals surface area contributed by atoms with E-state index in [1.807, 2.05) is 13.0 Å². The number of hydrogen-bond acceptors (Lipinski definition) is 4. The van der Waals surface area contributed by atoms with Crippen molar-refractivity contribution < 1.29 is 9.15 Å². The van der Waals surface area contributed by atoms with Gasteiger partial charge in [0, 0.05) is 36.8 Å². The van der Waals surface area contributed by atoms with Crippen LogP contribution in [-0.4, -0.2) is 19.7 Å². The Balaban J connectivity index is 2.09. The molecule has 124 valence electrons. The summed E-state index contributed by atoms with van der Waals surface area (Å²) in [6.45, 7) is 8.84. The highest BCUT2D eigenvalue weighted by atomic mass is 16.5. The molecule has 0 saturated carbocycles. The highest BCUT2D eigenvalue weighted by molar-refractivity contribution is 5.84. The SMILES string of the molecule is CCN(CC)c1ccc2c(C)c([C@@H]3CCCCO3)c(=O)oc2c1. The molecule has 1 aliphatic rings. The summed E-state index contributed by atoms with van der Waals surface area (Å²) in [6.07, 6.45) is 2.95. The van der Waals surface area contributed by atoms with Crippen LogP contribution in [-0.2, 0) is 4.74 Å². The second kappa shape index (κ2) is 6.75. The predicted octanol–water partition coefficient (Wildman–Crippen LogP) is 4.19. The Morgan fingerprint density at radius 3 is 2.65 bits per heavy atom. The van der Waals surface area contributed by atoms with Gasteiger partial charge < -0.3 is 14.1 Å². The highest BCUT2D eigenvalue weighted by Crippen LogP contribution is 2.32. The average molecular weight is 315 g/mol. The first-order valence-electron chi connectivity index (χ1n) is 8.59. The zero-order valence-electron chi connectivity index (χ0n) is 14.2. The largest absolute Gasteiger partial charge is 0.422 e. The maximum Gasteiger partial charge on any atom is 0.342 e. The van der Waals surface area contributed by atoms with Crippen LogP contribution in [0.15, 0.2) is 27.4 Å². The minimum absolute atomic E-state index is 0.119. The van der Waals surface area contributed by atoms with E-state index in [0.717, 1.165) is 55.6 Å². The smallest absolute Gasteiger partial charge is 0.342 e. The van der Waals surface area contributed by atoms with Crippen molar-refractivity contribution in [3.05, 3.63) is 39.7 Å². The molecule has 1 aliphatic heterocycles. The lowest BCUT2D eigenvalue weighted by Crippen LogP contribution is -2.22. The predicted molar refractivity (Wildman–Crippen MR) is 93.3 cm³/mol. The van der Waals surface area contributed by atoms with Crippen molar-refractivity contribution in [3.8, 4) is 0 Å². The minimum Gasteiger partial charge on any atom is -0.422 e. The van der Waals surface area contributed by atoms with Crippen molar-refractivity contribution in [1.82, 2.24) is 0 Å². The van der Waals surface area contributed by atoms with Crippen molar-refractivity contribution in [2.24, 2.45) is 0 Å². The molecule has 23 heavy (non-hydrogen) atoms. The molecule has 0 spiro atoms. The third-order valence-corrected chi connectivity index (χ3v) is 4.83. The Labute approximate surface area is 137 Å². The van der Waals surface area contributed by atoms with Crippen LogP contribution in [0.4, 0.5) is 5.69 Å². The number of aryl methyl sites for hydroxylation is 1. The van der Waals surface area contributed by atoms with E-state index >= 15 is 0 Å². The Bertz CT molecular complexity index is 740. The molecule has 0 N–H and O–H groups in total. The highest BCUT2D eigenvalue weighted by Gasteiger charge is 2.23. The van der Waals surface area contributed by atoms with E-state index in [9.17, 15) is 4.79 Å². The van der Waals surface area contributed by atoms with E-state index in [0.29, 0.717) is 11.1 Å². The topological polar surface area (TPSA) is 42.7 Å². The summed E-state index contributed by atoms with van der Waals surface area (Å²) >= 11 is 0. The number of fused-ring (bicyclic) bond motifs is 1. The maximum absolute atomic E-state index is 12.5.